The van der Waals surface area contributed by atoms with E-state index >= 15 is 0 Å². The van der Waals surface area contributed by atoms with Gasteiger partial charge in [-0.15, -0.1) is 0 Å². The molecule has 1 unspecified atom stereocenters. The molecule has 5 heteroatoms. The zero-order valence-electron chi connectivity index (χ0n) is 11.1. The minimum atomic E-state index is -0.435. The Bertz CT molecular complexity index is 647. The Labute approximate surface area is 116 Å². The van der Waals surface area contributed by atoms with Crippen molar-refractivity contribution < 1.29 is 9.59 Å². The molecule has 0 radical (unpaired) electrons. The Morgan fingerprint density at radius 2 is 2.15 bits per heavy atom. The van der Waals surface area contributed by atoms with Crippen LogP contribution in [0.5, 0.6) is 0 Å². The van der Waals surface area contributed by atoms with Crippen molar-refractivity contribution in [1.82, 2.24) is 15.6 Å². The first-order valence-electron chi connectivity index (χ1n) is 6.90. The summed E-state index contributed by atoms with van der Waals surface area (Å²) in [4.78, 5) is 27.3. The number of aromatic nitrogens is 1. The van der Waals surface area contributed by atoms with Crippen molar-refractivity contribution in [2.45, 2.75) is 25.3 Å². The highest BCUT2D eigenvalue weighted by Gasteiger charge is 2.23. The van der Waals surface area contributed by atoms with Crippen molar-refractivity contribution in [3.8, 4) is 0 Å². The van der Waals surface area contributed by atoms with Gasteiger partial charge in [-0.1, -0.05) is 12.1 Å². The van der Waals surface area contributed by atoms with E-state index in [0.717, 1.165) is 23.7 Å². The fourth-order valence-electron chi connectivity index (χ4n) is 2.59. The van der Waals surface area contributed by atoms with Gasteiger partial charge < -0.3 is 15.6 Å². The lowest BCUT2D eigenvalue weighted by atomic mass is 10.1. The molecule has 0 spiro atoms. The molecular weight excluding hydrogens is 254 g/mol. The van der Waals surface area contributed by atoms with Crippen molar-refractivity contribution in [3.63, 3.8) is 0 Å². The average molecular weight is 271 g/mol. The summed E-state index contributed by atoms with van der Waals surface area (Å²) < 4.78 is 0. The molecule has 3 rings (SSSR count). The standard InChI is InChI=1S/C15H17N3O2/c19-14(18-12-6-1-2-8-17-15(12)20)11-5-3-4-10-7-9-16-13(10)11/h3-5,7,9,12,16H,1-2,6,8H2,(H,17,20)(H,18,19). The summed E-state index contributed by atoms with van der Waals surface area (Å²) in [5, 5.41) is 6.65. The third-order valence-electron chi connectivity index (χ3n) is 3.67. The third kappa shape index (κ3) is 2.39. The molecular formula is C15H17N3O2. The molecule has 1 saturated heterocycles. The van der Waals surface area contributed by atoms with E-state index in [1.807, 2.05) is 18.2 Å². The smallest absolute Gasteiger partial charge is 0.254 e. The predicted molar refractivity (Wildman–Crippen MR) is 76.4 cm³/mol. The number of benzene rings is 1. The van der Waals surface area contributed by atoms with Gasteiger partial charge in [0.2, 0.25) is 5.91 Å². The minimum absolute atomic E-state index is 0.0884. The average Bonchev–Trinajstić information content (AvgIpc) is 2.84. The molecule has 5 nitrogen and oxygen atoms in total. The van der Waals surface area contributed by atoms with E-state index < -0.39 is 6.04 Å². The van der Waals surface area contributed by atoms with Gasteiger partial charge >= 0.3 is 0 Å². The summed E-state index contributed by atoms with van der Waals surface area (Å²) in [7, 11) is 0. The van der Waals surface area contributed by atoms with Crippen molar-refractivity contribution >= 4 is 22.7 Å². The van der Waals surface area contributed by atoms with Gasteiger partial charge in [0.1, 0.15) is 6.04 Å². The van der Waals surface area contributed by atoms with E-state index in [1.165, 1.54) is 0 Å². The maximum absolute atomic E-state index is 12.4. The fraction of sp³-hybridized carbons (Fsp3) is 0.333. The lowest BCUT2D eigenvalue weighted by Gasteiger charge is -2.15. The van der Waals surface area contributed by atoms with E-state index in [4.69, 9.17) is 0 Å². The third-order valence-corrected chi connectivity index (χ3v) is 3.67. The molecule has 2 amide bonds. The first kappa shape index (κ1) is 12.7. The van der Waals surface area contributed by atoms with Crippen LogP contribution in [0.15, 0.2) is 30.5 Å². The highest BCUT2D eigenvalue weighted by molar-refractivity contribution is 6.06. The Morgan fingerprint density at radius 1 is 1.25 bits per heavy atom. The van der Waals surface area contributed by atoms with Gasteiger partial charge in [-0.2, -0.15) is 0 Å². The van der Waals surface area contributed by atoms with E-state index in [1.54, 1.807) is 12.3 Å². The number of H-pyrrole nitrogens is 1. The molecule has 3 N–H and O–H groups in total. The summed E-state index contributed by atoms with van der Waals surface area (Å²) in [5.74, 6) is -0.297. The monoisotopic (exact) mass is 271 g/mol. The number of hydrogen-bond acceptors (Lipinski definition) is 2. The first-order chi connectivity index (χ1) is 9.75. The molecule has 0 saturated carbocycles. The van der Waals surface area contributed by atoms with Crippen LogP contribution in [0.4, 0.5) is 0 Å². The molecule has 20 heavy (non-hydrogen) atoms. The largest absolute Gasteiger partial charge is 0.361 e. The summed E-state index contributed by atoms with van der Waals surface area (Å²) in [6.07, 6.45) is 4.40. The Morgan fingerprint density at radius 3 is 3.05 bits per heavy atom. The number of para-hydroxylation sites is 1. The lowest BCUT2D eigenvalue weighted by Crippen LogP contribution is -2.45. The predicted octanol–water partition coefficient (Wildman–Crippen LogP) is 1.57. The molecule has 2 heterocycles. The number of amides is 2. The molecule has 2 aromatic rings. The van der Waals surface area contributed by atoms with Gasteiger partial charge in [0.25, 0.3) is 5.91 Å². The van der Waals surface area contributed by atoms with Crippen LogP contribution in [-0.4, -0.2) is 29.4 Å². The summed E-state index contributed by atoms with van der Waals surface area (Å²) in [6.45, 7) is 0.692. The second kappa shape index (κ2) is 5.36. The van der Waals surface area contributed by atoms with E-state index in [-0.39, 0.29) is 11.8 Å². The topological polar surface area (TPSA) is 74.0 Å². The Hall–Kier alpha value is -2.30. The van der Waals surface area contributed by atoms with Gasteiger partial charge in [0.15, 0.2) is 0 Å². The van der Waals surface area contributed by atoms with Gasteiger partial charge in [0, 0.05) is 18.1 Å². The van der Waals surface area contributed by atoms with Crippen molar-refractivity contribution in [3.05, 3.63) is 36.0 Å². The van der Waals surface area contributed by atoms with Crippen LogP contribution < -0.4 is 10.6 Å². The molecule has 1 atom stereocenters. The first-order valence-corrected chi connectivity index (χ1v) is 6.90. The summed E-state index contributed by atoms with van der Waals surface area (Å²) in [5.41, 5.74) is 1.38. The fourth-order valence-corrected chi connectivity index (χ4v) is 2.59. The van der Waals surface area contributed by atoms with Crippen LogP contribution in [0.3, 0.4) is 0 Å². The lowest BCUT2D eigenvalue weighted by molar-refractivity contribution is -0.122. The number of rotatable bonds is 2. The summed E-state index contributed by atoms with van der Waals surface area (Å²) >= 11 is 0. The molecule has 104 valence electrons. The van der Waals surface area contributed by atoms with Crippen LogP contribution in [0.2, 0.25) is 0 Å². The van der Waals surface area contributed by atoms with Crippen LogP contribution in [-0.2, 0) is 4.79 Å². The molecule has 1 aromatic heterocycles. The second-order valence-corrected chi connectivity index (χ2v) is 5.06. The maximum Gasteiger partial charge on any atom is 0.254 e. The normalized spacial score (nSPS) is 19.4. The number of carbonyl (C=O) groups is 2. The number of nitrogens with one attached hydrogen (secondary N) is 3. The Balaban J connectivity index is 1.82. The molecule has 0 bridgehead atoms. The van der Waals surface area contributed by atoms with E-state index in [2.05, 4.69) is 15.6 Å². The van der Waals surface area contributed by atoms with Crippen LogP contribution in [0.25, 0.3) is 10.9 Å². The number of fused-ring (bicyclic) bond motifs is 1. The van der Waals surface area contributed by atoms with E-state index in [0.29, 0.717) is 18.5 Å². The molecule has 1 aliphatic heterocycles. The van der Waals surface area contributed by atoms with Crippen molar-refractivity contribution in [2.75, 3.05) is 6.54 Å². The van der Waals surface area contributed by atoms with E-state index in [9.17, 15) is 9.59 Å². The van der Waals surface area contributed by atoms with Crippen molar-refractivity contribution in [2.24, 2.45) is 0 Å². The number of aromatic amines is 1. The van der Waals surface area contributed by atoms with Gasteiger partial charge in [0.05, 0.1) is 11.1 Å². The zero-order chi connectivity index (χ0) is 13.9. The van der Waals surface area contributed by atoms with Gasteiger partial charge in [-0.3, -0.25) is 9.59 Å². The highest BCUT2D eigenvalue weighted by atomic mass is 16.2. The number of carbonyl (C=O) groups excluding carboxylic acids is 2. The quantitative estimate of drug-likeness (QED) is 0.775. The van der Waals surface area contributed by atoms with Gasteiger partial charge in [-0.25, -0.2) is 0 Å². The van der Waals surface area contributed by atoms with Crippen LogP contribution >= 0.6 is 0 Å². The molecule has 1 aliphatic rings. The number of hydrogen-bond donors (Lipinski definition) is 3. The molecule has 1 aromatic carbocycles. The van der Waals surface area contributed by atoms with Gasteiger partial charge in [-0.05, 0) is 31.4 Å². The maximum atomic E-state index is 12.4. The minimum Gasteiger partial charge on any atom is -0.361 e. The molecule has 1 fully saturated rings. The Kier molecular flexibility index (Phi) is 3.41. The highest BCUT2D eigenvalue weighted by Crippen LogP contribution is 2.17. The second-order valence-electron chi connectivity index (χ2n) is 5.06. The van der Waals surface area contributed by atoms with Crippen LogP contribution in [0, 0.1) is 0 Å². The molecule has 0 aliphatic carbocycles. The van der Waals surface area contributed by atoms with Crippen LogP contribution in [0.1, 0.15) is 29.6 Å². The zero-order valence-corrected chi connectivity index (χ0v) is 11.1. The summed E-state index contributed by atoms with van der Waals surface area (Å²) in [6, 6.07) is 7.04. The van der Waals surface area contributed by atoms with Crippen molar-refractivity contribution in [1.29, 1.82) is 0 Å². The SMILES string of the molecule is O=C(NC1CCCCNC1=O)c1cccc2cc[nH]c12.